The number of carbonyl (C=O) groups is 2. The number of amides is 2. The Morgan fingerprint density at radius 3 is 2.70 bits per heavy atom. The maximum atomic E-state index is 13.3. The molecule has 1 aromatic carbocycles. The predicted octanol–water partition coefficient (Wildman–Crippen LogP) is 3.32. The molecular formula is C22H23F3N4O4. The van der Waals surface area contributed by atoms with Crippen molar-refractivity contribution in [2.45, 2.75) is 69.4 Å². The van der Waals surface area contributed by atoms with Crippen LogP contribution in [0.15, 0.2) is 22.7 Å². The number of carbonyl (C=O) groups excluding carboxylic acids is 2. The average molecular weight is 464 g/mol. The van der Waals surface area contributed by atoms with E-state index in [0.29, 0.717) is 25.1 Å². The van der Waals surface area contributed by atoms with Gasteiger partial charge in [0.15, 0.2) is 0 Å². The summed E-state index contributed by atoms with van der Waals surface area (Å²) in [6.07, 6.45) is -0.153. The molecule has 1 aromatic heterocycles. The van der Waals surface area contributed by atoms with Gasteiger partial charge in [0.25, 0.3) is 5.91 Å². The van der Waals surface area contributed by atoms with Gasteiger partial charge in [-0.1, -0.05) is 30.1 Å². The van der Waals surface area contributed by atoms with Crippen molar-refractivity contribution in [1.29, 1.82) is 0 Å². The van der Waals surface area contributed by atoms with E-state index in [4.69, 9.17) is 4.74 Å². The molecule has 3 aliphatic rings. The van der Waals surface area contributed by atoms with Crippen molar-refractivity contribution in [3.63, 3.8) is 0 Å². The zero-order valence-electron chi connectivity index (χ0n) is 17.7. The SMILES string of the molecule is O=C(NC1CCCC[C@@H]1N1Cc2ccc(-c3noc(C(F)(F)F)n3)cc2C1=O)[C@H]1CCCO1. The predicted molar refractivity (Wildman–Crippen MR) is 108 cm³/mol. The van der Waals surface area contributed by atoms with Crippen LogP contribution in [0.5, 0.6) is 0 Å². The third kappa shape index (κ3) is 4.21. The molecule has 2 aromatic rings. The van der Waals surface area contributed by atoms with Crippen molar-refractivity contribution >= 4 is 11.8 Å². The molecule has 1 aliphatic carbocycles. The Hall–Kier alpha value is -2.95. The summed E-state index contributed by atoms with van der Waals surface area (Å²) in [5, 5.41) is 6.50. The van der Waals surface area contributed by atoms with Crippen LogP contribution in [0, 0.1) is 0 Å². The molecule has 2 fully saturated rings. The largest absolute Gasteiger partial charge is 0.471 e. The van der Waals surface area contributed by atoms with Gasteiger partial charge in [0.2, 0.25) is 11.7 Å². The normalized spacial score (nSPS) is 25.4. The molecule has 5 rings (SSSR count). The minimum atomic E-state index is -4.74. The van der Waals surface area contributed by atoms with Gasteiger partial charge < -0.3 is 19.5 Å². The van der Waals surface area contributed by atoms with Crippen LogP contribution in [0.2, 0.25) is 0 Å². The average Bonchev–Trinajstić information content (AvgIpc) is 3.54. The number of alkyl halides is 3. The topological polar surface area (TPSA) is 97.6 Å². The molecule has 33 heavy (non-hydrogen) atoms. The van der Waals surface area contributed by atoms with E-state index in [2.05, 4.69) is 20.0 Å². The standard InChI is InChI=1S/C22H23F3N4O4/c23-22(24,25)21-27-18(28-33-21)12-7-8-13-11-29(20(31)14(13)10-12)16-5-2-1-4-15(16)26-19(30)17-6-3-9-32-17/h7-8,10,15-17H,1-6,9,11H2,(H,26,30)/t15?,16-,17+/m0/s1. The molecule has 0 radical (unpaired) electrons. The highest BCUT2D eigenvalue weighted by Crippen LogP contribution is 2.34. The van der Waals surface area contributed by atoms with Gasteiger partial charge in [-0.3, -0.25) is 9.59 Å². The van der Waals surface area contributed by atoms with Crippen LogP contribution in [-0.4, -0.2) is 51.6 Å². The van der Waals surface area contributed by atoms with E-state index in [1.54, 1.807) is 17.0 Å². The van der Waals surface area contributed by atoms with E-state index in [-0.39, 0.29) is 35.3 Å². The Kier molecular flexibility index (Phi) is 5.59. The fraction of sp³-hybridized carbons (Fsp3) is 0.545. The number of ether oxygens (including phenoxy) is 1. The Bertz CT molecular complexity index is 1060. The first-order valence-corrected chi connectivity index (χ1v) is 11.1. The number of rotatable bonds is 4. The van der Waals surface area contributed by atoms with Crippen molar-refractivity contribution in [2.24, 2.45) is 0 Å². The fourth-order valence-corrected chi connectivity index (χ4v) is 4.90. The number of hydrogen-bond acceptors (Lipinski definition) is 6. The second kappa shape index (κ2) is 8.44. The number of fused-ring (bicyclic) bond motifs is 1. The monoisotopic (exact) mass is 464 g/mol. The first-order valence-electron chi connectivity index (χ1n) is 11.1. The summed E-state index contributed by atoms with van der Waals surface area (Å²) in [4.78, 5) is 31.0. The van der Waals surface area contributed by atoms with Crippen LogP contribution in [0.4, 0.5) is 13.2 Å². The number of nitrogens with zero attached hydrogens (tertiary/aromatic N) is 3. The van der Waals surface area contributed by atoms with E-state index in [0.717, 1.165) is 37.7 Å². The Balaban J connectivity index is 1.34. The van der Waals surface area contributed by atoms with Gasteiger partial charge in [-0.15, -0.1) is 0 Å². The summed E-state index contributed by atoms with van der Waals surface area (Å²) >= 11 is 0. The summed E-state index contributed by atoms with van der Waals surface area (Å²) in [6, 6.07) is 4.47. The molecule has 0 bridgehead atoms. The lowest BCUT2D eigenvalue weighted by Crippen LogP contribution is -2.55. The first-order chi connectivity index (χ1) is 15.8. The highest BCUT2D eigenvalue weighted by Gasteiger charge is 2.41. The van der Waals surface area contributed by atoms with Crippen molar-refractivity contribution in [3.05, 3.63) is 35.2 Å². The van der Waals surface area contributed by atoms with Gasteiger partial charge in [0, 0.05) is 30.3 Å². The van der Waals surface area contributed by atoms with Crippen LogP contribution in [0.25, 0.3) is 11.4 Å². The van der Waals surface area contributed by atoms with E-state index in [9.17, 15) is 22.8 Å². The van der Waals surface area contributed by atoms with E-state index in [1.165, 1.54) is 6.07 Å². The van der Waals surface area contributed by atoms with Gasteiger partial charge in [-0.2, -0.15) is 18.2 Å². The molecule has 1 saturated heterocycles. The third-order valence-corrected chi connectivity index (χ3v) is 6.55. The summed E-state index contributed by atoms with van der Waals surface area (Å²) in [5.41, 5.74) is 1.45. The van der Waals surface area contributed by atoms with Crippen LogP contribution in [0.3, 0.4) is 0 Å². The van der Waals surface area contributed by atoms with Crippen LogP contribution < -0.4 is 5.32 Å². The number of halogens is 3. The number of aromatic nitrogens is 2. The molecule has 176 valence electrons. The number of hydrogen-bond donors (Lipinski definition) is 1. The quantitative estimate of drug-likeness (QED) is 0.746. The molecule has 1 N–H and O–H groups in total. The van der Waals surface area contributed by atoms with Crippen molar-refractivity contribution in [1.82, 2.24) is 20.4 Å². The van der Waals surface area contributed by atoms with Crippen LogP contribution in [0.1, 0.15) is 60.3 Å². The van der Waals surface area contributed by atoms with Gasteiger partial charge in [0.1, 0.15) is 6.10 Å². The van der Waals surface area contributed by atoms with Crippen LogP contribution in [-0.2, 0) is 22.3 Å². The Morgan fingerprint density at radius 2 is 1.97 bits per heavy atom. The van der Waals surface area contributed by atoms with Gasteiger partial charge in [-0.05, 0) is 37.3 Å². The molecule has 8 nitrogen and oxygen atoms in total. The summed E-state index contributed by atoms with van der Waals surface area (Å²) in [7, 11) is 0. The van der Waals surface area contributed by atoms with E-state index in [1.807, 2.05) is 0 Å². The van der Waals surface area contributed by atoms with Crippen molar-refractivity contribution in [2.75, 3.05) is 6.61 Å². The third-order valence-electron chi connectivity index (χ3n) is 6.55. The minimum Gasteiger partial charge on any atom is -0.368 e. The molecule has 2 amide bonds. The zero-order valence-corrected chi connectivity index (χ0v) is 17.7. The second-order valence-corrected chi connectivity index (χ2v) is 8.69. The Labute approximate surface area is 187 Å². The summed E-state index contributed by atoms with van der Waals surface area (Å²) in [5.74, 6) is -2.00. The van der Waals surface area contributed by atoms with Crippen LogP contribution >= 0.6 is 0 Å². The lowest BCUT2D eigenvalue weighted by atomic mass is 9.89. The first kappa shape index (κ1) is 21.9. The lowest BCUT2D eigenvalue weighted by Gasteiger charge is -2.38. The maximum absolute atomic E-state index is 13.3. The molecule has 1 saturated carbocycles. The summed E-state index contributed by atoms with van der Waals surface area (Å²) < 4.78 is 48.2. The zero-order chi connectivity index (χ0) is 23.2. The smallest absolute Gasteiger partial charge is 0.368 e. The molecule has 1 unspecified atom stereocenters. The fourth-order valence-electron chi connectivity index (χ4n) is 4.90. The van der Waals surface area contributed by atoms with Crippen molar-refractivity contribution < 1.29 is 32.0 Å². The second-order valence-electron chi connectivity index (χ2n) is 8.69. The number of benzene rings is 1. The lowest BCUT2D eigenvalue weighted by molar-refractivity contribution is -0.159. The van der Waals surface area contributed by atoms with Gasteiger partial charge >= 0.3 is 12.1 Å². The highest BCUT2D eigenvalue weighted by atomic mass is 19.4. The molecule has 0 spiro atoms. The van der Waals surface area contributed by atoms with E-state index >= 15 is 0 Å². The molecule has 11 heteroatoms. The van der Waals surface area contributed by atoms with Gasteiger partial charge in [0.05, 0.1) is 6.04 Å². The summed E-state index contributed by atoms with van der Waals surface area (Å²) in [6.45, 7) is 0.963. The van der Waals surface area contributed by atoms with E-state index < -0.39 is 18.2 Å². The molecule has 3 atom stereocenters. The Morgan fingerprint density at radius 1 is 1.15 bits per heavy atom. The highest BCUT2D eigenvalue weighted by molar-refractivity contribution is 5.99. The molecule has 3 heterocycles. The molecule has 2 aliphatic heterocycles. The van der Waals surface area contributed by atoms with Gasteiger partial charge in [-0.25, -0.2) is 0 Å². The maximum Gasteiger partial charge on any atom is 0.471 e. The minimum absolute atomic E-state index is 0.131. The molecular weight excluding hydrogens is 441 g/mol. The van der Waals surface area contributed by atoms with Crippen molar-refractivity contribution in [3.8, 4) is 11.4 Å². The number of nitrogens with one attached hydrogen (secondary N) is 1.